The Morgan fingerprint density at radius 1 is 1.16 bits per heavy atom. The molecule has 0 aliphatic carbocycles. The number of hydrogen-bond acceptors (Lipinski definition) is 6. The molecule has 156 valence electrons. The van der Waals surface area contributed by atoms with Gasteiger partial charge >= 0.3 is 0 Å². The first-order chi connectivity index (χ1) is 15.0. The van der Waals surface area contributed by atoms with Crippen LogP contribution < -0.4 is 15.5 Å². The minimum atomic E-state index is -0.688. The Balaban J connectivity index is 1.62. The van der Waals surface area contributed by atoms with Crippen molar-refractivity contribution in [3.05, 3.63) is 77.9 Å². The van der Waals surface area contributed by atoms with Crippen LogP contribution in [0.5, 0.6) is 5.75 Å². The molecule has 7 nitrogen and oxygen atoms in total. The number of aromatic nitrogens is 3. The van der Waals surface area contributed by atoms with E-state index < -0.39 is 5.82 Å². The highest BCUT2D eigenvalue weighted by Crippen LogP contribution is 2.23. The topological polar surface area (TPSA) is 99.7 Å². The molecular weight excluding hydrogens is 395 g/mol. The van der Waals surface area contributed by atoms with Gasteiger partial charge in [0.2, 0.25) is 0 Å². The molecule has 0 fully saturated rings. The summed E-state index contributed by atoms with van der Waals surface area (Å²) >= 11 is 0. The van der Waals surface area contributed by atoms with Gasteiger partial charge in [-0.1, -0.05) is 29.8 Å². The molecular formula is C23H21FN6O. The normalized spacial score (nSPS) is 10.8. The summed E-state index contributed by atoms with van der Waals surface area (Å²) in [4.78, 5) is 8.66. The van der Waals surface area contributed by atoms with Gasteiger partial charge in [0.1, 0.15) is 17.1 Å². The van der Waals surface area contributed by atoms with E-state index in [-0.39, 0.29) is 17.9 Å². The first-order valence-corrected chi connectivity index (χ1v) is 9.60. The van der Waals surface area contributed by atoms with E-state index in [9.17, 15) is 4.39 Å². The number of benzene rings is 1. The summed E-state index contributed by atoms with van der Waals surface area (Å²) in [5.41, 5.74) is 4.07. The number of halogens is 1. The van der Waals surface area contributed by atoms with E-state index in [1.165, 1.54) is 10.6 Å². The van der Waals surface area contributed by atoms with Gasteiger partial charge in [-0.15, -0.1) is 0 Å². The summed E-state index contributed by atoms with van der Waals surface area (Å²) in [6.45, 7) is 2.03. The smallest absolute Gasteiger partial charge is 0.167 e. The minimum Gasteiger partial charge on any atom is -0.495 e. The van der Waals surface area contributed by atoms with Gasteiger partial charge in [0.05, 0.1) is 31.1 Å². The standard InChI is InChI=1S/C23H21FN6O/c1-14-4-3-5-15(8-14)16-9-18(24)23(26)30(13-16)21(25)12-28-19-6-7-27-20-10-17(31-2)11-29-22(19)20/h3-11,13,25-26H,12H2,1-2H3,(H,27,28). The van der Waals surface area contributed by atoms with Crippen LogP contribution in [0, 0.1) is 23.6 Å². The van der Waals surface area contributed by atoms with Gasteiger partial charge in [-0.25, -0.2) is 9.37 Å². The number of rotatable bonds is 5. The highest BCUT2D eigenvalue weighted by Gasteiger charge is 2.11. The van der Waals surface area contributed by atoms with Crippen LogP contribution in [0.2, 0.25) is 0 Å². The molecule has 0 atom stereocenters. The van der Waals surface area contributed by atoms with Gasteiger partial charge < -0.3 is 10.1 Å². The number of aryl methyl sites for hydroxylation is 1. The molecule has 4 rings (SSSR count). The average Bonchev–Trinajstić information content (AvgIpc) is 2.78. The van der Waals surface area contributed by atoms with Crippen molar-refractivity contribution in [1.82, 2.24) is 14.5 Å². The van der Waals surface area contributed by atoms with Crippen molar-refractivity contribution in [3.8, 4) is 16.9 Å². The van der Waals surface area contributed by atoms with E-state index in [2.05, 4.69) is 15.3 Å². The zero-order valence-electron chi connectivity index (χ0n) is 17.1. The molecule has 0 aliphatic heterocycles. The molecule has 3 heterocycles. The molecule has 31 heavy (non-hydrogen) atoms. The van der Waals surface area contributed by atoms with Crippen LogP contribution in [-0.4, -0.2) is 34.0 Å². The second kappa shape index (κ2) is 8.35. The van der Waals surface area contributed by atoms with Crippen LogP contribution in [0.4, 0.5) is 10.1 Å². The predicted molar refractivity (Wildman–Crippen MR) is 118 cm³/mol. The molecule has 3 N–H and O–H groups in total. The lowest BCUT2D eigenvalue weighted by Crippen LogP contribution is -2.33. The van der Waals surface area contributed by atoms with Crippen LogP contribution in [0.15, 0.2) is 61.1 Å². The molecule has 0 amide bonds. The van der Waals surface area contributed by atoms with Crippen molar-refractivity contribution in [3.63, 3.8) is 0 Å². The summed E-state index contributed by atoms with van der Waals surface area (Å²) in [6, 6.07) is 12.5. The maximum Gasteiger partial charge on any atom is 0.167 e. The summed E-state index contributed by atoms with van der Waals surface area (Å²) in [5, 5.41) is 19.7. The fourth-order valence-corrected chi connectivity index (χ4v) is 3.29. The largest absolute Gasteiger partial charge is 0.495 e. The van der Waals surface area contributed by atoms with E-state index in [0.29, 0.717) is 28.0 Å². The highest BCUT2D eigenvalue weighted by molar-refractivity contribution is 5.91. The molecule has 0 aliphatic rings. The Hall–Kier alpha value is -4.07. The third-order valence-electron chi connectivity index (χ3n) is 4.89. The van der Waals surface area contributed by atoms with Gasteiger partial charge in [-0.2, -0.15) is 0 Å². The molecule has 0 unspecified atom stereocenters. The van der Waals surface area contributed by atoms with Crippen molar-refractivity contribution in [1.29, 1.82) is 10.8 Å². The fraction of sp³-hybridized carbons (Fsp3) is 0.130. The Bertz CT molecular complexity index is 1350. The van der Waals surface area contributed by atoms with Gasteiger partial charge in [0, 0.05) is 24.0 Å². The molecule has 0 radical (unpaired) electrons. The lowest BCUT2D eigenvalue weighted by molar-refractivity contribution is 0.413. The number of hydrogen-bond donors (Lipinski definition) is 3. The van der Waals surface area contributed by atoms with E-state index in [4.69, 9.17) is 15.6 Å². The Kier molecular flexibility index (Phi) is 5.44. The third-order valence-corrected chi connectivity index (χ3v) is 4.89. The zero-order valence-corrected chi connectivity index (χ0v) is 17.1. The van der Waals surface area contributed by atoms with Crippen molar-refractivity contribution in [2.24, 2.45) is 0 Å². The molecule has 0 bridgehead atoms. The number of anilines is 1. The maximum atomic E-state index is 14.5. The molecule has 8 heteroatoms. The van der Waals surface area contributed by atoms with E-state index in [0.717, 1.165) is 11.1 Å². The minimum absolute atomic E-state index is 0.0249. The van der Waals surface area contributed by atoms with E-state index in [1.54, 1.807) is 37.8 Å². The Morgan fingerprint density at radius 3 is 2.77 bits per heavy atom. The van der Waals surface area contributed by atoms with Crippen molar-refractivity contribution in [2.75, 3.05) is 19.0 Å². The van der Waals surface area contributed by atoms with Crippen LogP contribution in [0.3, 0.4) is 0 Å². The summed E-state index contributed by atoms with van der Waals surface area (Å²) in [7, 11) is 1.56. The molecule has 0 saturated heterocycles. The van der Waals surface area contributed by atoms with Gasteiger partial charge in [-0.3, -0.25) is 20.4 Å². The summed E-state index contributed by atoms with van der Waals surface area (Å²) in [6.07, 6.45) is 4.84. The number of fused-ring (bicyclic) bond motifs is 1. The summed E-state index contributed by atoms with van der Waals surface area (Å²) in [5.74, 6) is -0.0634. The number of ether oxygens (including phenoxy) is 1. The van der Waals surface area contributed by atoms with Crippen molar-refractivity contribution >= 4 is 22.6 Å². The molecule has 0 saturated carbocycles. The second-order valence-corrected chi connectivity index (χ2v) is 7.07. The van der Waals surface area contributed by atoms with Crippen LogP contribution >= 0.6 is 0 Å². The van der Waals surface area contributed by atoms with Crippen LogP contribution in [0.1, 0.15) is 5.56 Å². The summed E-state index contributed by atoms with van der Waals surface area (Å²) < 4.78 is 20.9. The second-order valence-electron chi connectivity index (χ2n) is 7.07. The van der Waals surface area contributed by atoms with Crippen molar-refractivity contribution in [2.45, 2.75) is 6.92 Å². The quantitative estimate of drug-likeness (QED) is 0.339. The molecule has 4 aromatic rings. The van der Waals surface area contributed by atoms with E-state index in [1.807, 2.05) is 31.2 Å². The van der Waals surface area contributed by atoms with Crippen molar-refractivity contribution < 1.29 is 9.13 Å². The lowest BCUT2D eigenvalue weighted by atomic mass is 10.1. The van der Waals surface area contributed by atoms with Gasteiger partial charge in [0.15, 0.2) is 11.3 Å². The number of nitrogens with zero attached hydrogens (tertiary/aromatic N) is 3. The highest BCUT2D eigenvalue weighted by atomic mass is 19.1. The molecule has 3 aromatic heterocycles. The Morgan fingerprint density at radius 2 is 2.00 bits per heavy atom. The molecule has 0 spiro atoms. The monoisotopic (exact) mass is 416 g/mol. The Labute approximate surface area is 178 Å². The fourth-order valence-electron chi connectivity index (χ4n) is 3.29. The maximum absolute atomic E-state index is 14.5. The van der Waals surface area contributed by atoms with Gasteiger partial charge in [0.25, 0.3) is 0 Å². The van der Waals surface area contributed by atoms with E-state index >= 15 is 0 Å². The first-order valence-electron chi connectivity index (χ1n) is 9.60. The van der Waals surface area contributed by atoms with Gasteiger partial charge in [-0.05, 0) is 24.6 Å². The lowest BCUT2D eigenvalue weighted by Gasteiger charge is -2.14. The third kappa shape index (κ3) is 4.13. The number of nitrogens with one attached hydrogen (secondary N) is 3. The SMILES string of the molecule is COc1cnc2c(NCC(=N)n3cc(-c4cccc(C)c4)cc(F)c3=N)ccnc2c1. The molecule has 1 aromatic carbocycles. The number of methoxy groups -OCH3 is 1. The van der Waals surface area contributed by atoms with Crippen LogP contribution in [0.25, 0.3) is 22.2 Å². The first kappa shape index (κ1) is 20.2. The average molecular weight is 416 g/mol. The predicted octanol–water partition coefficient (Wildman–Crippen LogP) is 3.97. The number of pyridine rings is 3. The van der Waals surface area contributed by atoms with Crippen LogP contribution in [-0.2, 0) is 0 Å². The zero-order chi connectivity index (χ0) is 22.0.